The molecule has 0 aliphatic heterocycles. The third-order valence-electron chi connectivity index (χ3n) is 0.724. The molecule has 0 amide bonds. The van der Waals surface area contributed by atoms with Crippen LogP contribution in [0.15, 0.2) is 4.99 Å². The van der Waals surface area contributed by atoms with E-state index in [0.29, 0.717) is 0 Å². The van der Waals surface area contributed by atoms with Crippen LogP contribution in [0.25, 0.3) is 0 Å². The molecule has 8 heavy (non-hydrogen) atoms. The molecule has 0 unspecified atom stereocenters. The molecule has 0 fully saturated rings. The van der Waals surface area contributed by atoms with Gasteiger partial charge in [0.05, 0.1) is 0 Å². The first-order valence-corrected chi connectivity index (χ1v) is 3.82. The average molecular weight is 132 g/mol. The molecule has 3 heteroatoms. The second kappa shape index (κ2) is 4.97. The minimum absolute atomic E-state index is 0.952. The maximum absolute atomic E-state index is 3.96. The summed E-state index contributed by atoms with van der Waals surface area (Å²) in [6.45, 7) is 3.01. The van der Waals surface area contributed by atoms with Crippen molar-refractivity contribution in [1.29, 1.82) is 0 Å². The number of rotatable bonds is 1. The first kappa shape index (κ1) is 7.82. The van der Waals surface area contributed by atoms with E-state index in [-0.39, 0.29) is 0 Å². The highest BCUT2D eigenvalue weighted by molar-refractivity contribution is 8.13. The summed E-state index contributed by atoms with van der Waals surface area (Å²) in [5, 5.41) is 4.10. The van der Waals surface area contributed by atoms with Gasteiger partial charge < -0.3 is 5.32 Å². The predicted molar refractivity (Wildman–Crippen MR) is 40.6 cm³/mol. The minimum atomic E-state index is 0.952. The molecule has 0 rings (SSSR count). The number of amidine groups is 1. The van der Waals surface area contributed by atoms with Gasteiger partial charge in [0.25, 0.3) is 0 Å². The summed E-state index contributed by atoms with van der Waals surface area (Å²) in [4.78, 5) is 3.96. The van der Waals surface area contributed by atoms with Gasteiger partial charge in [0.1, 0.15) is 0 Å². The molecular formula is C5H12N2S. The lowest BCUT2D eigenvalue weighted by molar-refractivity contribution is 0.978. The fourth-order valence-electron chi connectivity index (χ4n) is 0.394. The Morgan fingerprint density at radius 1 is 1.75 bits per heavy atom. The molecule has 1 N–H and O–H groups in total. The summed E-state index contributed by atoms with van der Waals surface area (Å²) in [5.74, 6) is 0. The van der Waals surface area contributed by atoms with Gasteiger partial charge in [-0.25, -0.2) is 0 Å². The molecule has 0 atom stereocenters. The van der Waals surface area contributed by atoms with Crippen LogP contribution in [0.1, 0.15) is 6.92 Å². The van der Waals surface area contributed by atoms with E-state index in [2.05, 4.69) is 17.2 Å². The fourth-order valence-corrected chi connectivity index (χ4v) is 0.865. The second-order valence-electron chi connectivity index (χ2n) is 1.26. The Labute approximate surface area is 54.8 Å². The van der Waals surface area contributed by atoms with Gasteiger partial charge in [-0.3, -0.25) is 4.99 Å². The van der Waals surface area contributed by atoms with Crippen LogP contribution in [0.2, 0.25) is 0 Å². The Kier molecular flexibility index (Phi) is 4.85. The highest BCUT2D eigenvalue weighted by Gasteiger charge is 1.86. The van der Waals surface area contributed by atoms with Crippen LogP contribution in [-0.4, -0.2) is 25.0 Å². The smallest absolute Gasteiger partial charge is 0.155 e. The van der Waals surface area contributed by atoms with Crippen molar-refractivity contribution < 1.29 is 0 Å². The zero-order valence-corrected chi connectivity index (χ0v) is 6.38. The molecule has 0 aromatic heterocycles. The summed E-state index contributed by atoms with van der Waals surface area (Å²) in [5.41, 5.74) is 0. The number of hydrogen-bond donors (Lipinski definition) is 1. The lowest BCUT2D eigenvalue weighted by Gasteiger charge is -2.00. The van der Waals surface area contributed by atoms with Gasteiger partial charge in [0.15, 0.2) is 5.17 Å². The van der Waals surface area contributed by atoms with Gasteiger partial charge in [-0.05, 0) is 13.2 Å². The van der Waals surface area contributed by atoms with Crippen molar-refractivity contribution in [2.75, 3.05) is 19.8 Å². The van der Waals surface area contributed by atoms with E-state index >= 15 is 0 Å². The summed E-state index contributed by atoms with van der Waals surface area (Å²) in [7, 11) is 1.79. The normalized spacial score (nSPS) is 11.6. The zero-order chi connectivity index (χ0) is 6.41. The van der Waals surface area contributed by atoms with Crippen LogP contribution in [0, 0.1) is 0 Å². The number of aliphatic imine (C=N–C) groups is 1. The molecule has 0 saturated heterocycles. The SMILES string of the molecule is CCNC(=NC)SC. The Balaban J connectivity index is 3.38. The van der Waals surface area contributed by atoms with Gasteiger partial charge >= 0.3 is 0 Å². The van der Waals surface area contributed by atoms with E-state index in [1.165, 1.54) is 0 Å². The lowest BCUT2D eigenvalue weighted by atomic mass is 10.8. The molecule has 0 aromatic carbocycles. The second-order valence-corrected chi connectivity index (χ2v) is 2.06. The monoisotopic (exact) mass is 132 g/mol. The molecule has 48 valence electrons. The zero-order valence-electron chi connectivity index (χ0n) is 5.56. The molecule has 0 aliphatic rings. The molecule has 0 bridgehead atoms. The predicted octanol–water partition coefficient (Wildman–Crippen LogP) is 0.945. The van der Waals surface area contributed by atoms with Crippen molar-refractivity contribution in [3.05, 3.63) is 0 Å². The average Bonchev–Trinajstić information content (AvgIpc) is 1.83. The maximum Gasteiger partial charge on any atom is 0.155 e. The molecule has 0 spiro atoms. The van der Waals surface area contributed by atoms with Crippen molar-refractivity contribution in [3.63, 3.8) is 0 Å². The van der Waals surface area contributed by atoms with Gasteiger partial charge in [-0.1, -0.05) is 11.8 Å². The molecule has 0 aromatic rings. The highest BCUT2D eigenvalue weighted by atomic mass is 32.2. The highest BCUT2D eigenvalue weighted by Crippen LogP contribution is 1.91. The van der Waals surface area contributed by atoms with Crippen molar-refractivity contribution >= 4 is 16.9 Å². The number of nitrogens with zero attached hydrogens (tertiary/aromatic N) is 1. The van der Waals surface area contributed by atoms with Crippen molar-refractivity contribution in [2.45, 2.75) is 6.92 Å². The number of nitrogens with one attached hydrogen (secondary N) is 1. The van der Waals surface area contributed by atoms with Crippen LogP contribution in [0.4, 0.5) is 0 Å². The molecule has 0 saturated carbocycles. The lowest BCUT2D eigenvalue weighted by Crippen LogP contribution is -2.18. The minimum Gasteiger partial charge on any atom is -0.365 e. The van der Waals surface area contributed by atoms with Crippen LogP contribution in [0.3, 0.4) is 0 Å². The van der Waals surface area contributed by atoms with E-state index in [4.69, 9.17) is 0 Å². The van der Waals surface area contributed by atoms with Crippen LogP contribution in [-0.2, 0) is 0 Å². The summed E-state index contributed by atoms with van der Waals surface area (Å²) in [6.07, 6.45) is 2.00. The Morgan fingerprint density at radius 3 is 2.50 bits per heavy atom. The third-order valence-corrected chi connectivity index (χ3v) is 1.44. The number of thioether (sulfide) groups is 1. The summed E-state index contributed by atoms with van der Waals surface area (Å²) >= 11 is 1.63. The van der Waals surface area contributed by atoms with Gasteiger partial charge in [0, 0.05) is 13.6 Å². The molecule has 2 nitrogen and oxygen atoms in total. The van der Waals surface area contributed by atoms with E-state index in [9.17, 15) is 0 Å². The van der Waals surface area contributed by atoms with Gasteiger partial charge in [-0.2, -0.15) is 0 Å². The fraction of sp³-hybridized carbons (Fsp3) is 0.800. The van der Waals surface area contributed by atoms with Crippen LogP contribution in [0.5, 0.6) is 0 Å². The van der Waals surface area contributed by atoms with Crippen LogP contribution >= 0.6 is 11.8 Å². The Bertz CT molecular complexity index is 80.5. The van der Waals surface area contributed by atoms with E-state index < -0.39 is 0 Å². The quantitative estimate of drug-likeness (QED) is 0.424. The maximum atomic E-state index is 3.96. The van der Waals surface area contributed by atoms with Crippen molar-refractivity contribution in [1.82, 2.24) is 5.32 Å². The molecule has 0 aliphatic carbocycles. The van der Waals surface area contributed by atoms with E-state index in [0.717, 1.165) is 11.7 Å². The van der Waals surface area contributed by atoms with Gasteiger partial charge in [-0.15, -0.1) is 0 Å². The van der Waals surface area contributed by atoms with Crippen molar-refractivity contribution in [3.8, 4) is 0 Å². The summed E-state index contributed by atoms with van der Waals surface area (Å²) < 4.78 is 0. The number of hydrogen-bond acceptors (Lipinski definition) is 2. The van der Waals surface area contributed by atoms with Crippen LogP contribution < -0.4 is 5.32 Å². The Morgan fingerprint density at radius 2 is 2.38 bits per heavy atom. The Hall–Kier alpha value is -0.180. The van der Waals surface area contributed by atoms with E-state index in [1.807, 2.05) is 6.26 Å². The molecular weight excluding hydrogens is 120 g/mol. The first-order chi connectivity index (χ1) is 3.85. The largest absolute Gasteiger partial charge is 0.365 e. The molecule has 0 heterocycles. The first-order valence-electron chi connectivity index (χ1n) is 2.59. The molecule has 0 radical (unpaired) electrons. The van der Waals surface area contributed by atoms with E-state index in [1.54, 1.807) is 18.8 Å². The third kappa shape index (κ3) is 2.91. The van der Waals surface area contributed by atoms with Gasteiger partial charge in [0.2, 0.25) is 0 Å². The summed E-state index contributed by atoms with van der Waals surface area (Å²) in [6, 6.07) is 0. The topological polar surface area (TPSA) is 24.4 Å². The van der Waals surface area contributed by atoms with Crippen molar-refractivity contribution in [2.24, 2.45) is 4.99 Å². The standard InChI is InChI=1S/C5H12N2S/c1-4-7-5(6-2)8-3/h4H2,1-3H3,(H,6,7).